The zero-order valence-corrected chi connectivity index (χ0v) is 27.6. The van der Waals surface area contributed by atoms with Crippen LogP contribution in [0.15, 0.2) is 73.1 Å². The molecule has 6 aromatic rings. The Labute approximate surface area is 310 Å². The van der Waals surface area contributed by atoms with Crippen molar-refractivity contribution in [3.05, 3.63) is 118 Å². The highest BCUT2D eigenvalue weighted by Gasteiger charge is 2.19. The number of imidazole rings is 2. The molecule has 0 amide bonds. The molecular weight excluding hydrogens is 719 g/mol. The molecule has 13 nitrogen and oxygen atoms in total. The van der Waals surface area contributed by atoms with Gasteiger partial charge in [-0.1, -0.05) is 33.9 Å². The number of aromatic nitrogens is 6. The van der Waals surface area contributed by atoms with Gasteiger partial charge in [-0.2, -0.15) is 10.2 Å². The molecule has 1 atom stereocenters. The molecule has 0 saturated carbocycles. The van der Waals surface area contributed by atoms with Gasteiger partial charge in [-0.25, -0.2) is 41.8 Å². The van der Waals surface area contributed by atoms with Crippen molar-refractivity contribution in [1.82, 2.24) is 34.5 Å². The Morgan fingerprint density at radius 1 is 0.830 bits per heavy atom. The highest BCUT2D eigenvalue weighted by Crippen LogP contribution is 2.27. The predicted octanol–water partition coefficient (Wildman–Crippen LogP) is 7.33. The molecule has 53 heavy (non-hydrogen) atoms. The summed E-state index contributed by atoms with van der Waals surface area (Å²) in [6.45, 7) is 2.34. The average Bonchev–Trinajstić information content (AvgIpc) is 3.72. The number of methoxy groups -OCH3 is 1. The molecule has 6 rings (SSSR count). The van der Waals surface area contributed by atoms with Crippen LogP contribution >= 0.6 is 11.6 Å². The summed E-state index contributed by atoms with van der Waals surface area (Å²) in [6.07, 6.45) is 0.834. The topological polar surface area (TPSA) is 165 Å². The van der Waals surface area contributed by atoms with Crippen molar-refractivity contribution in [2.24, 2.45) is 0 Å². The summed E-state index contributed by atoms with van der Waals surface area (Å²) < 4.78 is 52.4. The van der Waals surface area contributed by atoms with Crippen LogP contribution in [-0.2, 0) is 22.4 Å². The number of hydrogen-bond acceptors (Lipinski definition) is 11. The van der Waals surface area contributed by atoms with E-state index in [1.165, 1.54) is 64.9 Å². The Kier molecular flexibility index (Phi) is 17.9. The van der Waals surface area contributed by atoms with E-state index in [0.29, 0.717) is 28.6 Å². The van der Waals surface area contributed by atoms with Crippen LogP contribution in [0.4, 0.5) is 13.2 Å². The molecule has 286 valence electrons. The highest BCUT2D eigenvalue weighted by atomic mass is 35.5. The number of aromatic hydroxyl groups is 2. The monoisotopic (exact) mass is 761 g/mol. The van der Waals surface area contributed by atoms with E-state index in [0.717, 1.165) is 12.1 Å². The van der Waals surface area contributed by atoms with Crippen molar-refractivity contribution in [2.45, 2.75) is 48.3 Å². The Morgan fingerprint density at radius 3 is 1.92 bits per heavy atom. The second kappa shape index (κ2) is 20.9. The van der Waals surface area contributed by atoms with E-state index < -0.39 is 23.9 Å². The number of benzene rings is 2. The minimum Gasteiger partial charge on any atom is -0.508 e. The largest absolute Gasteiger partial charge is 0.508 e. The fourth-order valence-corrected chi connectivity index (χ4v) is 4.53. The number of esters is 2. The molecule has 0 aliphatic heterocycles. The minimum absolute atomic E-state index is 0. The van der Waals surface area contributed by atoms with Gasteiger partial charge >= 0.3 is 11.9 Å². The maximum atomic E-state index is 14.6. The average molecular weight is 762 g/mol. The number of nitrogens with one attached hydrogen (secondary N) is 1. The lowest BCUT2D eigenvalue weighted by molar-refractivity contribution is 0.0515. The summed E-state index contributed by atoms with van der Waals surface area (Å²) in [7, 11) is 3.04. The van der Waals surface area contributed by atoms with E-state index in [2.05, 4.69) is 30.2 Å². The maximum Gasteiger partial charge on any atom is 0.358 e. The van der Waals surface area contributed by atoms with Crippen LogP contribution in [0.5, 0.6) is 11.5 Å². The Hall–Kier alpha value is -5.74. The van der Waals surface area contributed by atoms with Gasteiger partial charge in [-0.15, -0.1) is 0 Å². The third-order valence-electron chi connectivity index (χ3n) is 6.76. The van der Waals surface area contributed by atoms with E-state index in [4.69, 9.17) is 21.4 Å². The third kappa shape index (κ3) is 11.6. The number of carbonyl (C=O) groups excluding carboxylic acids is 2. The van der Waals surface area contributed by atoms with Crippen LogP contribution in [0.3, 0.4) is 0 Å². The molecule has 0 aliphatic rings. The standard InChI is InChI=1S/C17H15F2N3O3.C8H6ClN3O2.C8H10FNO.3CH4/c1-2-25-17(24)14-9-20-16-6-4-13(21-22(14)16)12(19)8-10-7-11(18)3-5-15(10)23;1-14-8(13)5-4-10-7-3-2-6(9)11-12(5)7;1-10-5-6-4-7(9)2-3-8(6)11;;;/h3-7,9,12,23H,2,8H2,1H3;2-4H,1H3;2-4,10-11H,5H2,1H3;3*1H4. The minimum atomic E-state index is -1.60. The van der Waals surface area contributed by atoms with Gasteiger partial charge in [0.2, 0.25) is 0 Å². The van der Waals surface area contributed by atoms with Crippen LogP contribution in [0, 0.1) is 11.6 Å². The van der Waals surface area contributed by atoms with E-state index in [-0.39, 0.29) is 75.3 Å². The number of hydrogen-bond donors (Lipinski definition) is 3. The lowest BCUT2D eigenvalue weighted by Gasteiger charge is -2.10. The van der Waals surface area contributed by atoms with Crippen molar-refractivity contribution in [2.75, 3.05) is 20.8 Å². The number of phenols is 2. The van der Waals surface area contributed by atoms with E-state index in [1.807, 2.05) is 0 Å². The van der Waals surface area contributed by atoms with Gasteiger partial charge in [0.25, 0.3) is 0 Å². The lowest BCUT2D eigenvalue weighted by Crippen LogP contribution is -2.11. The smallest absolute Gasteiger partial charge is 0.358 e. The number of carbonyl (C=O) groups is 2. The molecule has 0 aliphatic carbocycles. The van der Waals surface area contributed by atoms with Gasteiger partial charge in [0.05, 0.1) is 31.8 Å². The molecule has 17 heteroatoms. The SMILES string of the molecule is C.C.C.CCOC(=O)c1cnc2ccc(C(F)Cc3cc(F)ccc3O)nn12.CNCc1cc(F)ccc1O.COC(=O)c1cnc2ccc(Cl)nn12. The number of ether oxygens (including phenoxy) is 2. The summed E-state index contributed by atoms with van der Waals surface area (Å²) in [5.74, 6) is -2.07. The van der Waals surface area contributed by atoms with Gasteiger partial charge in [0, 0.05) is 24.1 Å². The molecule has 0 bridgehead atoms. The van der Waals surface area contributed by atoms with Crippen LogP contribution in [0.2, 0.25) is 5.15 Å². The first kappa shape index (κ1) is 45.3. The molecular formula is C36H43ClF3N7O6. The van der Waals surface area contributed by atoms with Crippen LogP contribution < -0.4 is 5.32 Å². The molecule has 0 fully saturated rings. The molecule has 0 saturated heterocycles. The van der Waals surface area contributed by atoms with Crippen molar-refractivity contribution >= 4 is 34.8 Å². The molecule has 0 radical (unpaired) electrons. The second-order valence-electron chi connectivity index (χ2n) is 10.2. The van der Waals surface area contributed by atoms with Gasteiger partial charge in [0.15, 0.2) is 22.7 Å². The van der Waals surface area contributed by atoms with E-state index >= 15 is 0 Å². The van der Waals surface area contributed by atoms with E-state index in [1.54, 1.807) is 26.1 Å². The molecule has 2 aromatic carbocycles. The van der Waals surface area contributed by atoms with Crippen LogP contribution in [0.25, 0.3) is 11.3 Å². The number of rotatable bonds is 8. The molecule has 0 spiro atoms. The van der Waals surface area contributed by atoms with E-state index in [9.17, 15) is 27.9 Å². The summed E-state index contributed by atoms with van der Waals surface area (Å²) in [4.78, 5) is 31.1. The Balaban J connectivity index is 0.000000427. The van der Waals surface area contributed by atoms with Crippen molar-refractivity contribution in [3.8, 4) is 11.5 Å². The molecule has 4 aromatic heterocycles. The zero-order valence-electron chi connectivity index (χ0n) is 26.8. The molecule has 3 N–H and O–H groups in total. The first-order chi connectivity index (χ1) is 23.9. The van der Waals surface area contributed by atoms with Gasteiger partial charge in [-0.3, -0.25) is 0 Å². The number of halogens is 4. The highest BCUT2D eigenvalue weighted by molar-refractivity contribution is 6.29. The second-order valence-corrected chi connectivity index (χ2v) is 10.6. The molecule has 1 unspecified atom stereocenters. The van der Waals surface area contributed by atoms with Gasteiger partial charge in [0.1, 0.15) is 34.5 Å². The van der Waals surface area contributed by atoms with Gasteiger partial charge < -0.3 is 25.0 Å². The number of alkyl halides is 1. The number of nitrogens with zero attached hydrogens (tertiary/aromatic N) is 6. The fraction of sp³-hybridized carbons (Fsp3) is 0.278. The summed E-state index contributed by atoms with van der Waals surface area (Å²) in [5, 5.41) is 30.0. The third-order valence-corrected chi connectivity index (χ3v) is 6.96. The van der Waals surface area contributed by atoms with Crippen LogP contribution in [-0.4, -0.2) is 72.1 Å². The lowest BCUT2D eigenvalue weighted by atomic mass is 10.1. The number of fused-ring (bicyclic) bond motifs is 2. The van der Waals surface area contributed by atoms with Gasteiger partial charge in [-0.05, 0) is 74.6 Å². The first-order valence-corrected chi connectivity index (χ1v) is 15.2. The fourth-order valence-electron chi connectivity index (χ4n) is 4.39. The summed E-state index contributed by atoms with van der Waals surface area (Å²) in [6, 6.07) is 13.4. The van der Waals surface area contributed by atoms with Crippen molar-refractivity contribution < 1.29 is 42.4 Å². The zero-order chi connectivity index (χ0) is 36.4. The quantitative estimate of drug-likeness (QED) is 0.133. The predicted molar refractivity (Wildman–Crippen MR) is 195 cm³/mol. The summed E-state index contributed by atoms with van der Waals surface area (Å²) >= 11 is 5.68. The van der Waals surface area contributed by atoms with Crippen molar-refractivity contribution in [3.63, 3.8) is 0 Å². The normalized spacial score (nSPS) is 10.6. The van der Waals surface area contributed by atoms with Crippen molar-refractivity contribution in [1.29, 1.82) is 0 Å². The van der Waals surface area contributed by atoms with Crippen LogP contribution in [0.1, 0.15) is 73.2 Å². The Bertz CT molecular complexity index is 2110. The molecule has 4 heterocycles. The summed E-state index contributed by atoms with van der Waals surface area (Å²) in [5.41, 5.74) is 1.99. The first-order valence-electron chi connectivity index (χ1n) is 14.8. The Morgan fingerprint density at radius 2 is 1.36 bits per heavy atom. The maximum absolute atomic E-state index is 14.6. The number of phenolic OH excluding ortho intramolecular Hbond substituents is 2.